The van der Waals surface area contributed by atoms with Crippen LogP contribution in [0.3, 0.4) is 0 Å². The topological polar surface area (TPSA) is 60.2 Å². The second-order valence-electron chi connectivity index (χ2n) is 5.48. The van der Waals surface area contributed by atoms with Crippen LogP contribution in [0.4, 0.5) is 11.5 Å². The summed E-state index contributed by atoms with van der Waals surface area (Å²) in [4.78, 5) is 9.04. The zero-order valence-electron chi connectivity index (χ0n) is 13.5. The maximum atomic E-state index is 5.96. The van der Waals surface area contributed by atoms with Gasteiger partial charge in [-0.2, -0.15) is 0 Å². The number of para-hydroxylation sites is 1. The molecular formula is C19H17N3O2. The van der Waals surface area contributed by atoms with Gasteiger partial charge in [0.15, 0.2) is 11.4 Å². The predicted octanol–water partition coefficient (Wildman–Crippen LogP) is 4.83. The van der Waals surface area contributed by atoms with Crippen molar-refractivity contribution in [1.82, 2.24) is 9.97 Å². The van der Waals surface area contributed by atoms with E-state index in [1.165, 1.54) is 0 Å². The fraction of sp³-hybridized carbons (Fsp3) is 0.158. The Morgan fingerprint density at radius 1 is 1.04 bits per heavy atom. The molecule has 4 aromatic rings. The summed E-state index contributed by atoms with van der Waals surface area (Å²) in [5.41, 5.74) is 3.21. The van der Waals surface area contributed by atoms with E-state index in [0.29, 0.717) is 23.8 Å². The quantitative estimate of drug-likeness (QED) is 0.584. The smallest absolute Gasteiger partial charge is 0.196 e. The summed E-state index contributed by atoms with van der Waals surface area (Å²) >= 11 is 0. The minimum absolute atomic E-state index is 0.650. The summed E-state index contributed by atoms with van der Waals surface area (Å²) in [6.07, 6.45) is 0. The molecule has 24 heavy (non-hydrogen) atoms. The van der Waals surface area contributed by atoms with Crippen LogP contribution in [0, 0.1) is 6.92 Å². The van der Waals surface area contributed by atoms with E-state index in [0.717, 1.165) is 27.9 Å². The molecule has 2 heterocycles. The van der Waals surface area contributed by atoms with Crippen molar-refractivity contribution in [2.75, 3.05) is 11.9 Å². The van der Waals surface area contributed by atoms with Gasteiger partial charge in [-0.25, -0.2) is 9.97 Å². The number of aromatic nitrogens is 2. The van der Waals surface area contributed by atoms with Crippen LogP contribution >= 0.6 is 0 Å². The van der Waals surface area contributed by atoms with E-state index in [2.05, 4.69) is 15.3 Å². The van der Waals surface area contributed by atoms with Crippen molar-refractivity contribution in [1.29, 1.82) is 0 Å². The van der Waals surface area contributed by atoms with Gasteiger partial charge in [-0.15, -0.1) is 0 Å². The summed E-state index contributed by atoms with van der Waals surface area (Å²) in [5.74, 6) is 2.20. The third kappa shape index (κ3) is 2.54. The number of benzene rings is 2. The van der Waals surface area contributed by atoms with Gasteiger partial charge in [0.2, 0.25) is 0 Å². The van der Waals surface area contributed by atoms with Crippen LogP contribution in [0.2, 0.25) is 0 Å². The zero-order chi connectivity index (χ0) is 16.5. The molecule has 5 heteroatoms. The Kier molecular flexibility index (Phi) is 3.54. The van der Waals surface area contributed by atoms with E-state index in [1.54, 1.807) is 0 Å². The van der Waals surface area contributed by atoms with E-state index in [-0.39, 0.29) is 0 Å². The Balaban J connectivity index is 1.78. The lowest BCUT2D eigenvalue weighted by Gasteiger charge is -2.08. The molecular weight excluding hydrogens is 302 g/mol. The Hall–Kier alpha value is -3.08. The first-order valence-electron chi connectivity index (χ1n) is 7.90. The highest BCUT2D eigenvalue weighted by Crippen LogP contribution is 2.32. The van der Waals surface area contributed by atoms with Crippen LogP contribution in [0.15, 0.2) is 52.9 Å². The molecule has 0 atom stereocenters. The maximum absolute atomic E-state index is 5.96. The first kappa shape index (κ1) is 14.5. The third-order valence-electron chi connectivity index (χ3n) is 3.76. The Bertz CT molecular complexity index is 1010. The molecule has 0 aliphatic heterocycles. The predicted molar refractivity (Wildman–Crippen MR) is 94.9 cm³/mol. The first-order valence-corrected chi connectivity index (χ1v) is 7.90. The van der Waals surface area contributed by atoms with Gasteiger partial charge in [0, 0.05) is 11.1 Å². The second-order valence-corrected chi connectivity index (χ2v) is 5.48. The minimum atomic E-state index is 0.650. The Labute approximate surface area is 139 Å². The van der Waals surface area contributed by atoms with Crippen LogP contribution in [-0.4, -0.2) is 16.6 Å². The molecule has 0 radical (unpaired) electrons. The van der Waals surface area contributed by atoms with E-state index < -0.39 is 0 Å². The van der Waals surface area contributed by atoms with Crippen molar-refractivity contribution < 1.29 is 9.15 Å². The van der Waals surface area contributed by atoms with Crippen LogP contribution < -0.4 is 10.1 Å². The number of fused-ring (bicyclic) bond motifs is 3. The van der Waals surface area contributed by atoms with Crippen LogP contribution in [0.25, 0.3) is 22.1 Å². The molecule has 0 amide bonds. The summed E-state index contributed by atoms with van der Waals surface area (Å²) in [7, 11) is 0. The maximum Gasteiger partial charge on any atom is 0.196 e. The summed E-state index contributed by atoms with van der Waals surface area (Å²) in [6.45, 7) is 4.50. The van der Waals surface area contributed by atoms with Gasteiger partial charge in [0.1, 0.15) is 22.7 Å². The van der Waals surface area contributed by atoms with Gasteiger partial charge in [-0.1, -0.05) is 12.1 Å². The van der Waals surface area contributed by atoms with Gasteiger partial charge < -0.3 is 14.5 Å². The highest BCUT2D eigenvalue weighted by Gasteiger charge is 2.14. The molecule has 0 fully saturated rings. The van der Waals surface area contributed by atoms with Crippen molar-refractivity contribution in [3.8, 4) is 5.75 Å². The molecule has 0 saturated carbocycles. The summed E-state index contributed by atoms with van der Waals surface area (Å²) in [5, 5.41) is 4.31. The molecule has 0 saturated heterocycles. The average molecular weight is 319 g/mol. The molecule has 0 aliphatic rings. The number of ether oxygens (including phenoxy) is 1. The molecule has 0 unspecified atom stereocenters. The Morgan fingerprint density at radius 2 is 1.83 bits per heavy atom. The number of rotatable bonds is 4. The van der Waals surface area contributed by atoms with Crippen molar-refractivity contribution in [2.45, 2.75) is 13.8 Å². The van der Waals surface area contributed by atoms with Gasteiger partial charge >= 0.3 is 0 Å². The lowest BCUT2D eigenvalue weighted by atomic mass is 10.2. The highest BCUT2D eigenvalue weighted by atomic mass is 16.5. The van der Waals surface area contributed by atoms with Crippen LogP contribution in [0.5, 0.6) is 5.75 Å². The fourth-order valence-electron chi connectivity index (χ4n) is 2.73. The zero-order valence-corrected chi connectivity index (χ0v) is 13.5. The SMILES string of the molecule is CCOc1ccc(Nc2nc(C)nc3c2oc2ccccc23)cc1. The molecule has 120 valence electrons. The lowest BCUT2D eigenvalue weighted by molar-refractivity contribution is 0.340. The molecule has 2 aromatic carbocycles. The van der Waals surface area contributed by atoms with E-state index in [1.807, 2.05) is 62.4 Å². The number of anilines is 2. The number of aryl methyl sites for hydroxylation is 1. The van der Waals surface area contributed by atoms with Gasteiger partial charge in [-0.05, 0) is 50.2 Å². The molecule has 0 bridgehead atoms. The minimum Gasteiger partial charge on any atom is -0.494 e. The van der Waals surface area contributed by atoms with Gasteiger partial charge in [0.05, 0.1) is 6.61 Å². The molecule has 4 rings (SSSR count). The summed E-state index contributed by atoms with van der Waals surface area (Å²) in [6, 6.07) is 15.6. The van der Waals surface area contributed by atoms with Gasteiger partial charge in [0.25, 0.3) is 0 Å². The average Bonchev–Trinajstić information content (AvgIpc) is 2.96. The van der Waals surface area contributed by atoms with E-state index >= 15 is 0 Å². The van der Waals surface area contributed by atoms with E-state index in [4.69, 9.17) is 9.15 Å². The fourth-order valence-corrected chi connectivity index (χ4v) is 2.73. The number of hydrogen-bond donors (Lipinski definition) is 1. The normalized spacial score (nSPS) is 11.1. The molecule has 0 aliphatic carbocycles. The van der Waals surface area contributed by atoms with Crippen molar-refractivity contribution in [3.63, 3.8) is 0 Å². The lowest BCUT2D eigenvalue weighted by Crippen LogP contribution is -1.98. The monoisotopic (exact) mass is 319 g/mol. The van der Waals surface area contributed by atoms with Gasteiger partial charge in [-0.3, -0.25) is 0 Å². The standard InChI is InChI=1S/C19H17N3O2/c1-3-23-14-10-8-13(9-11-14)22-19-18-17(20-12(2)21-19)15-6-4-5-7-16(15)24-18/h4-11H,3H2,1-2H3,(H,20,21,22). The van der Waals surface area contributed by atoms with E-state index in [9.17, 15) is 0 Å². The highest BCUT2D eigenvalue weighted by molar-refractivity contribution is 6.06. The molecule has 2 aromatic heterocycles. The van der Waals surface area contributed by atoms with Crippen molar-refractivity contribution in [2.24, 2.45) is 0 Å². The van der Waals surface area contributed by atoms with Crippen LogP contribution in [0.1, 0.15) is 12.7 Å². The molecule has 0 spiro atoms. The van der Waals surface area contributed by atoms with Crippen LogP contribution in [-0.2, 0) is 0 Å². The molecule has 1 N–H and O–H groups in total. The largest absolute Gasteiger partial charge is 0.494 e. The number of nitrogens with one attached hydrogen (secondary N) is 1. The summed E-state index contributed by atoms with van der Waals surface area (Å²) < 4.78 is 11.4. The Morgan fingerprint density at radius 3 is 2.62 bits per heavy atom. The number of nitrogens with zero attached hydrogens (tertiary/aromatic N) is 2. The second kappa shape index (κ2) is 5.85. The van der Waals surface area contributed by atoms with Crippen molar-refractivity contribution in [3.05, 3.63) is 54.4 Å². The number of furan rings is 1. The number of hydrogen-bond acceptors (Lipinski definition) is 5. The molecule has 5 nitrogen and oxygen atoms in total. The third-order valence-corrected chi connectivity index (χ3v) is 3.76. The van der Waals surface area contributed by atoms with Crippen molar-refractivity contribution >= 4 is 33.6 Å². The first-order chi connectivity index (χ1) is 11.7.